The predicted octanol–water partition coefficient (Wildman–Crippen LogP) is 6.06. The topological polar surface area (TPSA) is 6.48 Å². The maximum absolute atomic E-state index is 2.59. The van der Waals surface area contributed by atoms with Crippen LogP contribution in [-0.2, 0) is 0 Å². The zero-order valence-electron chi connectivity index (χ0n) is 17.8. The maximum atomic E-state index is 2.59. The highest BCUT2D eigenvalue weighted by Crippen LogP contribution is 2.34. The minimum absolute atomic E-state index is 0.956. The molecule has 1 aliphatic carbocycles. The summed E-state index contributed by atoms with van der Waals surface area (Å²) in [6.45, 7) is 16.3. The van der Waals surface area contributed by atoms with Crippen LogP contribution in [0.4, 0.5) is 0 Å². The van der Waals surface area contributed by atoms with Gasteiger partial charge in [-0.15, -0.1) is 0 Å². The summed E-state index contributed by atoms with van der Waals surface area (Å²) < 4.78 is 0. The Morgan fingerprint density at radius 3 is 1.78 bits per heavy atom. The zero-order chi connectivity index (χ0) is 18.1. The van der Waals surface area contributed by atoms with Crippen molar-refractivity contribution in [3.05, 3.63) is 0 Å². The van der Waals surface area contributed by atoms with E-state index in [4.69, 9.17) is 0 Å². The van der Waals surface area contributed by atoms with E-state index in [2.05, 4.69) is 37.7 Å². The maximum Gasteiger partial charge on any atom is 0.0120 e. The van der Waals surface area contributed by atoms with Gasteiger partial charge in [-0.3, -0.25) is 0 Å². The lowest BCUT2D eigenvalue weighted by atomic mass is 9.79. The SMILES string of the molecule is CC.CC.CCCN(C)CCC.CN1CCCC2CCCCC21. The van der Waals surface area contributed by atoms with E-state index in [9.17, 15) is 0 Å². The Morgan fingerprint density at radius 2 is 1.30 bits per heavy atom. The molecule has 0 aromatic carbocycles. The normalized spacial score (nSPS) is 23.3. The van der Waals surface area contributed by atoms with Crippen LogP contribution in [0.5, 0.6) is 0 Å². The lowest BCUT2D eigenvalue weighted by Gasteiger charge is -2.42. The molecule has 0 amide bonds. The average Bonchev–Trinajstić information content (AvgIpc) is 2.60. The summed E-state index contributed by atoms with van der Waals surface area (Å²) in [5.41, 5.74) is 0. The van der Waals surface area contributed by atoms with Gasteiger partial charge in [-0.25, -0.2) is 0 Å². The molecule has 0 bridgehead atoms. The molecule has 0 spiro atoms. The first-order chi connectivity index (χ1) is 11.2. The van der Waals surface area contributed by atoms with Gasteiger partial charge < -0.3 is 9.80 Å². The van der Waals surface area contributed by atoms with Crippen molar-refractivity contribution in [2.24, 2.45) is 5.92 Å². The molecule has 2 unspecified atom stereocenters. The fourth-order valence-corrected chi connectivity index (χ4v) is 3.75. The van der Waals surface area contributed by atoms with E-state index in [0.29, 0.717) is 0 Å². The van der Waals surface area contributed by atoms with E-state index in [0.717, 1.165) is 12.0 Å². The smallest absolute Gasteiger partial charge is 0.0120 e. The Labute approximate surface area is 149 Å². The average molecular weight is 329 g/mol. The highest BCUT2D eigenvalue weighted by atomic mass is 15.1. The zero-order valence-corrected chi connectivity index (χ0v) is 17.8. The molecule has 0 radical (unpaired) electrons. The molecule has 1 saturated carbocycles. The Balaban J connectivity index is 0. The van der Waals surface area contributed by atoms with Gasteiger partial charge in [0, 0.05) is 6.04 Å². The van der Waals surface area contributed by atoms with Gasteiger partial charge in [-0.1, -0.05) is 54.4 Å². The Morgan fingerprint density at radius 1 is 0.826 bits per heavy atom. The van der Waals surface area contributed by atoms with Gasteiger partial charge in [0.1, 0.15) is 0 Å². The summed E-state index contributed by atoms with van der Waals surface area (Å²) in [6.07, 6.45) is 11.5. The van der Waals surface area contributed by atoms with E-state index in [1.54, 1.807) is 0 Å². The third kappa shape index (κ3) is 12.0. The molecule has 0 aromatic heterocycles. The molecule has 2 nitrogen and oxygen atoms in total. The molecule has 142 valence electrons. The molecule has 23 heavy (non-hydrogen) atoms. The molecular weight excluding hydrogens is 280 g/mol. The van der Waals surface area contributed by atoms with E-state index < -0.39 is 0 Å². The highest BCUT2D eigenvalue weighted by molar-refractivity contribution is 4.85. The number of hydrogen-bond donors (Lipinski definition) is 0. The summed E-state index contributed by atoms with van der Waals surface area (Å²) in [7, 11) is 4.48. The number of hydrogen-bond acceptors (Lipinski definition) is 2. The van der Waals surface area contributed by atoms with Crippen molar-refractivity contribution < 1.29 is 0 Å². The van der Waals surface area contributed by atoms with Gasteiger partial charge in [0.15, 0.2) is 0 Å². The van der Waals surface area contributed by atoms with Gasteiger partial charge >= 0.3 is 0 Å². The van der Waals surface area contributed by atoms with Crippen LogP contribution in [0.3, 0.4) is 0 Å². The molecule has 1 aliphatic heterocycles. The fourth-order valence-electron chi connectivity index (χ4n) is 3.75. The Hall–Kier alpha value is -0.0800. The third-order valence-corrected chi connectivity index (χ3v) is 4.73. The minimum atomic E-state index is 0.956. The largest absolute Gasteiger partial charge is 0.306 e. The number of likely N-dealkylation sites (tertiary alicyclic amines) is 1. The molecule has 1 heterocycles. The molecule has 2 aliphatic rings. The fraction of sp³-hybridized carbons (Fsp3) is 1.00. The lowest BCUT2D eigenvalue weighted by Crippen LogP contribution is -2.44. The van der Waals surface area contributed by atoms with Crippen molar-refractivity contribution in [2.45, 2.75) is 99.0 Å². The van der Waals surface area contributed by atoms with E-state index >= 15 is 0 Å². The number of piperidine rings is 1. The molecule has 0 aromatic rings. The van der Waals surface area contributed by atoms with Crippen LogP contribution in [0.25, 0.3) is 0 Å². The van der Waals surface area contributed by atoms with Crippen LogP contribution in [0.1, 0.15) is 92.9 Å². The first kappa shape index (κ1) is 25.2. The third-order valence-electron chi connectivity index (χ3n) is 4.73. The summed E-state index contributed by atoms with van der Waals surface area (Å²) in [6, 6.07) is 0.956. The first-order valence-electron chi connectivity index (χ1n) is 10.6. The Bertz CT molecular complexity index is 210. The minimum Gasteiger partial charge on any atom is -0.306 e. The first-order valence-corrected chi connectivity index (χ1v) is 10.6. The van der Waals surface area contributed by atoms with Crippen molar-refractivity contribution in [1.29, 1.82) is 0 Å². The van der Waals surface area contributed by atoms with Crippen molar-refractivity contribution in [3.8, 4) is 0 Å². The van der Waals surface area contributed by atoms with E-state index in [1.165, 1.54) is 71.0 Å². The molecule has 1 saturated heterocycles. The predicted molar refractivity (Wildman–Crippen MR) is 108 cm³/mol. The van der Waals surface area contributed by atoms with Gasteiger partial charge in [-0.05, 0) is 78.2 Å². The number of nitrogens with zero attached hydrogens (tertiary/aromatic N) is 2. The van der Waals surface area contributed by atoms with Gasteiger partial charge in [0.25, 0.3) is 0 Å². The molecule has 2 heteroatoms. The molecule has 2 fully saturated rings. The highest BCUT2D eigenvalue weighted by Gasteiger charge is 2.30. The van der Waals surface area contributed by atoms with Crippen LogP contribution < -0.4 is 0 Å². The van der Waals surface area contributed by atoms with Crippen LogP contribution in [0.2, 0.25) is 0 Å². The second kappa shape index (κ2) is 18.3. The molecular formula is C21H48N2. The number of fused-ring (bicyclic) bond motifs is 1. The van der Waals surface area contributed by atoms with E-state index in [1.807, 2.05) is 27.7 Å². The van der Waals surface area contributed by atoms with Crippen LogP contribution >= 0.6 is 0 Å². The van der Waals surface area contributed by atoms with Crippen molar-refractivity contribution >= 4 is 0 Å². The monoisotopic (exact) mass is 328 g/mol. The van der Waals surface area contributed by atoms with Crippen molar-refractivity contribution in [1.82, 2.24) is 9.80 Å². The quantitative estimate of drug-likeness (QED) is 0.618. The van der Waals surface area contributed by atoms with Crippen LogP contribution in [-0.4, -0.2) is 49.6 Å². The summed E-state index contributed by atoms with van der Waals surface area (Å²) in [5, 5.41) is 0. The van der Waals surface area contributed by atoms with Crippen molar-refractivity contribution in [3.63, 3.8) is 0 Å². The van der Waals surface area contributed by atoms with Gasteiger partial charge in [0.2, 0.25) is 0 Å². The standard InChI is InChI=1S/C10H19N.C7H17N.2C2H6/c1-11-8-4-6-9-5-2-3-7-10(9)11;1-4-6-8(3)7-5-2;2*1-2/h9-10H,2-8H2,1H3;4-7H2,1-3H3;2*1-2H3. The summed E-state index contributed by atoms with van der Waals surface area (Å²) in [4.78, 5) is 4.95. The van der Waals surface area contributed by atoms with Crippen molar-refractivity contribution in [2.75, 3.05) is 33.7 Å². The number of rotatable bonds is 4. The van der Waals surface area contributed by atoms with Crippen LogP contribution in [0.15, 0.2) is 0 Å². The second-order valence-electron chi connectivity index (χ2n) is 6.54. The Kier molecular flexibility index (Phi) is 20.0. The van der Waals surface area contributed by atoms with Gasteiger partial charge in [0.05, 0.1) is 0 Å². The lowest BCUT2D eigenvalue weighted by molar-refractivity contribution is 0.0841. The molecule has 2 rings (SSSR count). The van der Waals surface area contributed by atoms with E-state index in [-0.39, 0.29) is 0 Å². The summed E-state index contributed by atoms with van der Waals surface area (Å²) >= 11 is 0. The molecule has 0 N–H and O–H groups in total. The van der Waals surface area contributed by atoms with Gasteiger partial charge in [-0.2, -0.15) is 0 Å². The summed E-state index contributed by atoms with van der Waals surface area (Å²) in [5.74, 6) is 1.06. The molecule has 2 atom stereocenters. The van der Waals surface area contributed by atoms with Crippen LogP contribution in [0, 0.1) is 5.92 Å². The second-order valence-corrected chi connectivity index (χ2v) is 6.54.